The Kier molecular flexibility index (Phi) is 10.0. The number of ether oxygens (including phenoxy) is 4. The molecule has 1 heterocycles. The number of benzene rings is 1. The van der Waals surface area contributed by atoms with Gasteiger partial charge >= 0.3 is 17.9 Å². The first-order valence-corrected chi connectivity index (χ1v) is 18.6. The maximum Gasteiger partial charge on any atom is 0.338 e. The molecule has 5 aliphatic rings. The molecule has 11 atom stereocenters. The van der Waals surface area contributed by atoms with E-state index in [-0.39, 0.29) is 41.6 Å². The van der Waals surface area contributed by atoms with Crippen molar-refractivity contribution in [2.45, 2.75) is 135 Å². The van der Waals surface area contributed by atoms with Gasteiger partial charge in [-0.25, -0.2) is 9.59 Å². The van der Waals surface area contributed by atoms with E-state index in [1.165, 1.54) is 32.9 Å². The second kappa shape index (κ2) is 13.5. The van der Waals surface area contributed by atoms with Crippen molar-refractivity contribution in [3.63, 3.8) is 0 Å². The van der Waals surface area contributed by atoms with Crippen molar-refractivity contribution in [3.8, 4) is 0 Å². The maximum atomic E-state index is 14.9. The van der Waals surface area contributed by atoms with Crippen molar-refractivity contribution in [2.24, 2.45) is 28.1 Å². The van der Waals surface area contributed by atoms with Crippen LogP contribution in [-0.4, -0.2) is 110 Å². The molecule has 4 aliphatic carbocycles. The number of Topliss-reactive ketones (excluding diaryl/α,β-unsaturated/α-hetero) is 1. The minimum absolute atomic E-state index is 0.0240. The molecule has 1 aromatic rings. The molecule has 0 aromatic heterocycles. The number of ketones is 1. The van der Waals surface area contributed by atoms with E-state index < -0.39 is 106 Å². The highest BCUT2D eigenvalue weighted by atomic mass is 16.6. The Hall–Kier alpha value is -3.69. The molecule has 6 rings (SSSR count). The lowest BCUT2D eigenvalue weighted by atomic mass is 9.44. The van der Waals surface area contributed by atoms with Gasteiger partial charge in [-0.05, 0) is 55.4 Å². The minimum Gasteiger partial charge on any atom is -0.456 e. The van der Waals surface area contributed by atoms with Crippen LogP contribution >= 0.6 is 0 Å². The number of nitrogens with one attached hydrogen (secondary N) is 1. The molecule has 1 saturated heterocycles. The summed E-state index contributed by atoms with van der Waals surface area (Å²) in [6.07, 6.45) is -8.68. The second-order valence-electron chi connectivity index (χ2n) is 17.7. The SMILES string of the molecule is CC(=O)O[C@@]12COC1C[C@H](O)[C@@]1(C)C(=O)[C@H](O)C3=C(C)[C@@H](OC(=O)[C@H](O)[C@H](NC(=O)C4CC4)C(C)(C)C)C[C@@](O)([C@@H](OC(=O)c4ccccc4)[C@@H]12)C3(C)C. The molecule has 1 unspecified atom stereocenters. The zero-order valence-corrected chi connectivity index (χ0v) is 32.1. The number of carbonyl (C=O) groups excluding carboxylic acids is 5. The lowest BCUT2D eigenvalue weighted by molar-refractivity contribution is -0.346. The van der Waals surface area contributed by atoms with E-state index >= 15 is 0 Å². The van der Waals surface area contributed by atoms with Crippen LogP contribution in [0.2, 0.25) is 0 Å². The molecule has 296 valence electrons. The number of fused-ring (bicyclic) bond motifs is 5. The largest absolute Gasteiger partial charge is 0.456 e. The van der Waals surface area contributed by atoms with Crippen LogP contribution in [-0.2, 0) is 38.1 Å². The van der Waals surface area contributed by atoms with Crippen LogP contribution in [0.25, 0.3) is 0 Å². The van der Waals surface area contributed by atoms with Gasteiger partial charge in [0.25, 0.3) is 0 Å². The highest BCUT2D eigenvalue weighted by Crippen LogP contribution is 2.64. The van der Waals surface area contributed by atoms with Crippen LogP contribution in [0.1, 0.15) is 91.4 Å². The lowest BCUT2D eigenvalue weighted by Crippen LogP contribution is -2.81. The third kappa shape index (κ3) is 6.18. The first kappa shape index (κ1) is 40.0. The van der Waals surface area contributed by atoms with Gasteiger partial charge in [0, 0.05) is 31.1 Å². The molecule has 1 aromatic carbocycles. The molecule has 0 spiro atoms. The van der Waals surface area contributed by atoms with Crippen LogP contribution in [0.3, 0.4) is 0 Å². The molecule has 2 bridgehead atoms. The van der Waals surface area contributed by atoms with E-state index in [1.54, 1.807) is 52.8 Å². The molecule has 4 fully saturated rings. The Morgan fingerprint density at radius 3 is 2.19 bits per heavy atom. The van der Waals surface area contributed by atoms with Gasteiger partial charge in [0.15, 0.2) is 17.5 Å². The molecule has 3 saturated carbocycles. The number of aliphatic hydroxyl groups excluding tert-OH is 3. The number of carbonyl (C=O) groups is 5. The normalized spacial score (nSPS) is 36.9. The number of rotatable bonds is 8. The monoisotopic (exact) mass is 755 g/mol. The highest BCUT2D eigenvalue weighted by Gasteiger charge is 2.78. The fourth-order valence-electron chi connectivity index (χ4n) is 9.51. The van der Waals surface area contributed by atoms with Gasteiger partial charge in [0.2, 0.25) is 5.91 Å². The van der Waals surface area contributed by atoms with E-state index in [0.717, 1.165) is 0 Å². The van der Waals surface area contributed by atoms with Crippen LogP contribution in [0.4, 0.5) is 0 Å². The smallest absolute Gasteiger partial charge is 0.338 e. The van der Waals surface area contributed by atoms with E-state index in [0.29, 0.717) is 12.8 Å². The summed E-state index contributed by atoms with van der Waals surface area (Å²) in [5, 5.41) is 51.5. The predicted octanol–water partition coefficient (Wildman–Crippen LogP) is 1.93. The molecule has 1 amide bonds. The van der Waals surface area contributed by atoms with Gasteiger partial charge in [-0.2, -0.15) is 0 Å². The summed E-state index contributed by atoms with van der Waals surface area (Å²) in [5.41, 5.74) is -8.09. The summed E-state index contributed by atoms with van der Waals surface area (Å²) < 4.78 is 24.1. The number of aliphatic hydroxyl groups is 4. The van der Waals surface area contributed by atoms with Gasteiger partial charge in [-0.3, -0.25) is 14.4 Å². The molecule has 1 aliphatic heterocycles. The Morgan fingerprint density at radius 1 is 1.02 bits per heavy atom. The molecule has 14 nitrogen and oxygen atoms in total. The minimum atomic E-state index is -2.30. The van der Waals surface area contributed by atoms with Crippen molar-refractivity contribution in [3.05, 3.63) is 47.0 Å². The summed E-state index contributed by atoms with van der Waals surface area (Å²) >= 11 is 0. The Balaban J connectivity index is 1.50. The zero-order valence-electron chi connectivity index (χ0n) is 32.1. The number of hydrogen-bond donors (Lipinski definition) is 5. The van der Waals surface area contributed by atoms with Gasteiger partial charge in [-0.1, -0.05) is 52.8 Å². The lowest BCUT2D eigenvalue weighted by Gasteiger charge is -2.67. The van der Waals surface area contributed by atoms with Crippen molar-refractivity contribution in [1.82, 2.24) is 5.32 Å². The average molecular weight is 756 g/mol. The molecular formula is C40H53NO13. The van der Waals surface area contributed by atoms with Crippen LogP contribution in [0.15, 0.2) is 41.5 Å². The number of esters is 3. The molecule has 0 radical (unpaired) electrons. The zero-order chi connectivity index (χ0) is 39.9. The maximum absolute atomic E-state index is 14.9. The Morgan fingerprint density at radius 2 is 1.65 bits per heavy atom. The van der Waals surface area contributed by atoms with Crippen LogP contribution in [0, 0.1) is 28.1 Å². The summed E-state index contributed by atoms with van der Waals surface area (Å²) in [7, 11) is 0. The topological polar surface area (TPSA) is 215 Å². The van der Waals surface area contributed by atoms with Gasteiger partial charge in [0.05, 0.1) is 35.6 Å². The third-order valence-corrected chi connectivity index (χ3v) is 12.9. The quantitative estimate of drug-likeness (QED) is 0.146. The van der Waals surface area contributed by atoms with Crippen molar-refractivity contribution < 1.29 is 63.3 Å². The fraction of sp³-hybridized carbons (Fsp3) is 0.675. The predicted molar refractivity (Wildman–Crippen MR) is 189 cm³/mol. The van der Waals surface area contributed by atoms with Crippen molar-refractivity contribution >= 4 is 29.6 Å². The van der Waals surface area contributed by atoms with Crippen LogP contribution in [0.5, 0.6) is 0 Å². The first-order valence-electron chi connectivity index (χ1n) is 18.6. The summed E-state index contributed by atoms with van der Waals surface area (Å²) in [5.74, 6) is -5.65. The summed E-state index contributed by atoms with van der Waals surface area (Å²) in [6, 6.07) is 6.85. The average Bonchev–Trinajstić information content (AvgIpc) is 3.94. The third-order valence-electron chi connectivity index (χ3n) is 12.9. The van der Waals surface area contributed by atoms with Crippen molar-refractivity contribution in [1.29, 1.82) is 0 Å². The molecule has 5 N–H and O–H groups in total. The van der Waals surface area contributed by atoms with E-state index in [2.05, 4.69) is 5.32 Å². The summed E-state index contributed by atoms with van der Waals surface area (Å²) in [6.45, 7) is 12.2. The highest BCUT2D eigenvalue weighted by molar-refractivity contribution is 5.94. The van der Waals surface area contributed by atoms with Gasteiger partial charge in [0.1, 0.15) is 30.0 Å². The first-order chi connectivity index (χ1) is 25.0. The number of hydrogen-bond acceptors (Lipinski definition) is 13. The Bertz CT molecular complexity index is 1750. The van der Waals surface area contributed by atoms with Crippen LogP contribution < -0.4 is 5.32 Å². The standard InChI is InChI=1S/C40H53NO13/c1-19-23(52-35(49)28(45)30(36(3,4)5)41-33(47)21-14-15-21)17-40(50)32(53-34(48)22-12-10-9-11-13-22)29-38(8,31(46)27(44)26(19)37(40,6)7)24(43)16-25-39(29,18-51-25)54-20(2)42/h9-13,21,23-25,27-30,32,43-45,50H,14-18H2,1-8H3,(H,41,47)/t23-,24-,25?,27+,28+,29-,30-,32-,38+,39-,40+/m0/s1. The summed E-state index contributed by atoms with van der Waals surface area (Å²) in [4.78, 5) is 68.4. The Labute approximate surface area is 314 Å². The van der Waals surface area contributed by atoms with Gasteiger partial charge in [-0.15, -0.1) is 0 Å². The van der Waals surface area contributed by atoms with Crippen molar-refractivity contribution in [2.75, 3.05) is 6.61 Å². The van der Waals surface area contributed by atoms with E-state index in [1.807, 2.05) is 0 Å². The molecule has 14 heteroatoms. The fourth-order valence-corrected chi connectivity index (χ4v) is 9.51. The van der Waals surface area contributed by atoms with Gasteiger partial charge < -0.3 is 44.7 Å². The van der Waals surface area contributed by atoms with E-state index in [4.69, 9.17) is 18.9 Å². The second-order valence-corrected chi connectivity index (χ2v) is 17.7. The number of amides is 1. The molecular weight excluding hydrogens is 702 g/mol. The van der Waals surface area contributed by atoms with E-state index in [9.17, 15) is 44.4 Å². The molecule has 54 heavy (non-hydrogen) atoms.